The number of nitrogens with one attached hydrogen (secondary N) is 1. The van der Waals surface area contributed by atoms with Gasteiger partial charge in [0.1, 0.15) is 10.7 Å². The monoisotopic (exact) mass is 680 g/mol. The Kier molecular flexibility index (Phi) is 13.8. The molecule has 9 nitrogen and oxygen atoms in total. The number of likely N-dealkylation sites (N-methyl/N-ethyl adjacent to an activating group) is 1. The molecular formula is C38H56N4O5S. The van der Waals surface area contributed by atoms with E-state index in [1.807, 2.05) is 32.3 Å². The highest BCUT2D eigenvalue weighted by Gasteiger charge is 2.42. The molecule has 1 saturated heterocycles. The fourth-order valence-corrected chi connectivity index (χ4v) is 8.01. The van der Waals surface area contributed by atoms with Gasteiger partial charge in [0.05, 0.1) is 6.04 Å². The number of likely N-dealkylation sites (tertiary alicyclic amines) is 1. The van der Waals surface area contributed by atoms with Crippen molar-refractivity contribution < 1.29 is 23.9 Å². The highest BCUT2D eigenvalue weighted by Crippen LogP contribution is 2.41. The summed E-state index contributed by atoms with van der Waals surface area (Å²) in [6.45, 7) is 10.7. The first-order valence-corrected chi connectivity index (χ1v) is 18.7. The van der Waals surface area contributed by atoms with Crippen molar-refractivity contribution in [1.82, 2.24) is 20.1 Å². The minimum Gasteiger partial charge on any atom is -0.455 e. The Bertz CT molecular complexity index is 1370. The van der Waals surface area contributed by atoms with Gasteiger partial charge in [-0.3, -0.25) is 24.1 Å². The number of nitrogens with zero attached hydrogens (tertiary/aromatic N) is 3. The number of ether oxygens (including phenoxy) is 1. The van der Waals surface area contributed by atoms with Crippen molar-refractivity contribution in [3.8, 4) is 0 Å². The van der Waals surface area contributed by atoms with Crippen molar-refractivity contribution in [2.75, 3.05) is 20.6 Å². The predicted octanol–water partition coefficient (Wildman–Crippen LogP) is 6.48. The Morgan fingerprint density at radius 3 is 2.35 bits per heavy atom. The fraction of sp³-hybridized carbons (Fsp3) is 0.658. The first-order valence-electron chi connectivity index (χ1n) is 17.8. The van der Waals surface area contributed by atoms with Gasteiger partial charge in [0.2, 0.25) is 5.91 Å². The van der Waals surface area contributed by atoms with Crippen LogP contribution in [0.15, 0.2) is 35.7 Å². The van der Waals surface area contributed by atoms with Gasteiger partial charge < -0.3 is 15.0 Å². The molecule has 2 aromatic rings. The lowest BCUT2D eigenvalue weighted by atomic mass is 9.88. The van der Waals surface area contributed by atoms with Gasteiger partial charge in [0.25, 0.3) is 5.91 Å². The summed E-state index contributed by atoms with van der Waals surface area (Å²) in [7, 11) is 3.82. The number of Topliss-reactive ketones (excluding diaryl/α,β-unsaturated/α-hetero) is 1. The van der Waals surface area contributed by atoms with Crippen LogP contribution >= 0.6 is 11.3 Å². The quantitative estimate of drug-likeness (QED) is 0.191. The van der Waals surface area contributed by atoms with Gasteiger partial charge in [0, 0.05) is 50.2 Å². The Balaban J connectivity index is 1.47. The van der Waals surface area contributed by atoms with Crippen molar-refractivity contribution >= 4 is 34.9 Å². The van der Waals surface area contributed by atoms with E-state index < -0.39 is 12.1 Å². The standard InChI is InChI=1S/C38H56N4O5S/c1-24(2)19-29(20-27-13-9-8-10-14-27)39-36(45)31-23-48-37(40-31)35(47-26(5)43)22-33(25(3)4)42(7)38(46)30(28-16-17-28)21-34(44)32-15-11-12-18-41(32)6/h8-10,13-14,23-25,28-30,32-33,35H,11-12,15-22H2,1-7H3,(H,39,45)/t29-,30+,32-,33-,35-/m1/s1. The summed E-state index contributed by atoms with van der Waals surface area (Å²) in [6.07, 6.45) is 6.38. The van der Waals surface area contributed by atoms with Crippen molar-refractivity contribution in [1.29, 1.82) is 0 Å². The van der Waals surface area contributed by atoms with E-state index in [1.54, 1.807) is 10.3 Å². The molecule has 1 aromatic carbocycles. The van der Waals surface area contributed by atoms with E-state index in [1.165, 1.54) is 18.3 Å². The highest BCUT2D eigenvalue weighted by molar-refractivity contribution is 7.09. The number of amides is 2. The van der Waals surface area contributed by atoms with Crippen LogP contribution in [0, 0.1) is 23.7 Å². The van der Waals surface area contributed by atoms with Crippen LogP contribution in [-0.4, -0.2) is 77.1 Å². The zero-order valence-corrected chi connectivity index (χ0v) is 30.8. The molecule has 48 heavy (non-hydrogen) atoms. The van der Waals surface area contributed by atoms with Gasteiger partial charge in [0.15, 0.2) is 11.9 Å². The maximum absolute atomic E-state index is 14.1. The topological polar surface area (TPSA) is 109 Å². The summed E-state index contributed by atoms with van der Waals surface area (Å²) in [6, 6.07) is 9.70. The number of carbonyl (C=O) groups is 4. The van der Waals surface area contributed by atoms with Crippen molar-refractivity contribution in [3.05, 3.63) is 52.0 Å². The molecule has 2 fully saturated rings. The molecule has 2 aliphatic rings. The molecule has 10 heteroatoms. The van der Waals surface area contributed by atoms with Crippen LogP contribution in [0.2, 0.25) is 0 Å². The lowest BCUT2D eigenvalue weighted by molar-refractivity contribution is -0.149. The number of benzene rings is 1. The fourth-order valence-electron chi connectivity index (χ4n) is 7.17. The predicted molar refractivity (Wildman–Crippen MR) is 190 cm³/mol. The molecule has 1 aliphatic heterocycles. The average Bonchev–Trinajstić information content (AvgIpc) is 3.75. The van der Waals surface area contributed by atoms with Gasteiger partial charge in [-0.2, -0.15) is 0 Å². The molecule has 0 spiro atoms. The third kappa shape index (κ3) is 10.7. The molecule has 0 bridgehead atoms. The van der Waals surface area contributed by atoms with E-state index in [9.17, 15) is 19.2 Å². The molecule has 1 saturated carbocycles. The third-order valence-corrected chi connectivity index (χ3v) is 10.8. The minimum atomic E-state index is -0.718. The van der Waals surface area contributed by atoms with E-state index in [4.69, 9.17) is 4.74 Å². The van der Waals surface area contributed by atoms with Gasteiger partial charge >= 0.3 is 5.97 Å². The zero-order valence-electron chi connectivity index (χ0n) is 29.9. The SMILES string of the molecule is CC(=O)O[C@H](C[C@H](C(C)C)N(C)C(=O)[C@@H](CC(=O)[C@H]1CCCCN1C)C1CC1)c1nc(C(=O)N[C@@H](Cc2ccccc2)CC(C)C)cs1. The number of ketones is 1. The average molecular weight is 681 g/mol. The largest absolute Gasteiger partial charge is 0.455 e. The van der Waals surface area contributed by atoms with Crippen molar-refractivity contribution in [2.45, 2.75) is 117 Å². The summed E-state index contributed by atoms with van der Waals surface area (Å²) in [4.78, 5) is 61.8. The molecule has 264 valence electrons. The Morgan fingerprint density at radius 1 is 1.04 bits per heavy atom. The first kappa shape index (κ1) is 37.7. The van der Waals surface area contributed by atoms with E-state index in [2.05, 4.69) is 55.0 Å². The molecule has 5 atom stereocenters. The number of hydrogen-bond donors (Lipinski definition) is 1. The maximum atomic E-state index is 14.1. The van der Waals surface area contributed by atoms with Gasteiger partial charge in [-0.05, 0) is 75.4 Å². The molecular weight excluding hydrogens is 625 g/mol. The summed E-state index contributed by atoms with van der Waals surface area (Å²) in [5.74, 6) is -0.204. The minimum absolute atomic E-state index is 0.0154. The molecule has 2 amide bonds. The van der Waals surface area contributed by atoms with Crippen LogP contribution in [0.4, 0.5) is 0 Å². The summed E-state index contributed by atoms with van der Waals surface area (Å²) in [5, 5.41) is 5.43. The number of esters is 1. The first-order chi connectivity index (χ1) is 22.8. The smallest absolute Gasteiger partial charge is 0.303 e. The Hall–Kier alpha value is -3.11. The second-order valence-corrected chi connectivity index (χ2v) is 15.7. The zero-order chi connectivity index (χ0) is 35.0. The third-order valence-electron chi connectivity index (χ3n) is 9.90. The van der Waals surface area contributed by atoms with Crippen LogP contribution in [0.25, 0.3) is 0 Å². The van der Waals surface area contributed by atoms with Crippen molar-refractivity contribution in [2.24, 2.45) is 23.7 Å². The van der Waals surface area contributed by atoms with E-state index in [0.717, 1.165) is 57.1 Å². The van der Waals surface area contributed by atoms with Crippen molar-refractivity contribution in [3.63, 3.8) is 0 Å². The molecule has 1 aromatic heterocycles. The normalized spacial score (nSPS) is 19.4. The highest BCUT2D eigenvalue weighted by atomic mass is 32.1. The van der Waals surface area contributed by atoms with Crippen LogP contribution < -0.4 is 5.32 Å². The summed E-state index contributed by atoms with van der Waals surface area (Å²) < 4.78 is 5.81. The Labute approximate surface area is 291 Å². The van der Waals surface area contributed by atoms with E-state index in [0.29, 0.717) is 23.0 Å². The van der Waals surface area contributed by atoms with E-state index >= 15 is 0 Å². The number of carbonyl (C=O) groups excluding carboxylic acids is 4. The van der Waals surface area contributed by atoms with Crippen LogP contribution in [0.5, 0.6) is 0 Å². The molecule has 0 radical (unpaired) electrons. The number of hydrogen-bond acceptors (Lipinski definition) is 8. The maximum Gasteiger partial charge on any atom is 0.303 e. The van der Waals surface area contributed by atoms with Gasteiger partial charge in [-0.25, -0.2) is 4.98 Å². The molecule has 1 aliphatic carbocycles. The lowest BCUT2D eigenvalue weighted by Crippen LogP contribution is -2.47. The van der Waals surface area contributed by atoms with Crippen LogP contribution in [0.1, 0.15) is 113 Å². The van der Waals surface area contributed by atoms with Crippen LogP contribution in [0.3, 0.4) is 0 Å². The molecule has 4 rings (SSSR count). The lowest BCUT2D eigenvalue weighted by Gasteiger charge is -2.36. The number of rotatable bonds is 17. The Morgan fingerprint density at radius 2 is 1.75 bits per heavy atom. The number of aromatic nitrogens is 1. The van der Waals surface area contributed by atoms with Crippen LogP contribution in [-0.2, 0) is 25.5 Å². The second kappa shape index (κ2) is 17.5. The molecule has 2 heterocycles. The number of piperidine rings is 1. The summed E-state index contributed by atoms with van der Waals surface area (Å²) >= 11 is 1.29. The number of thiazole rings is 1. The second-order valence-electron chi connectivity index (χ2n) is 14.8. The van der Waals surface area contributed by atoms with Gasteiger partial charge in [-0.15, -0.1) is 11.3 Å². The molecule has 0 unspecified atom stereocenters. The van der Waals surface area contributed by atoms with Gasteiger partial charge in [-0.1, -0.05) is 64.4 Å². The van der Waals surface area contributed by atoms with E-state index in [-0.39, 0.29) is 59.9 Å². The molecule has 1 N–H and O–H groups in total. The summed E-state index contributed by atoms with van der Waals surface area (Å²) in [5.41, 5.74) is 1.45.